The van der Waals surface area contributed by atoms with Crippen molar-refractivity contribution in [2.45, 2.75) is 32.2 Å². The third-order valence-corrected chi connectivity index (χ3v) is 5.57. The summed E-state index contributed by atoms with van der Waals surface area (Å²) in [6, 6.07) is 9.27. The Kier molecular flexibility index (Phi) is 3.44. The molecule has 0 fully saturated rings. The summed E-state index contributed by atoms with van der Waals surface area (Å²) in [6.45, 7) is 2.21. The van der Waals surface area contributed by atoms with Crippen LogP contribution in [0, 0.1) is 0 Å². The number of hydrogen-bond donors (Lipinski definition) is 1. The molecule has 1 unspecified atom stereocenters. The Labute approximate surface area is 120 Å². The van der Waals surface area contributed by atoms with Crippen LogP contribution in [0.5, 0.6) is 0 Å². The van der Waals surface area contributed by atoms with Gasteiger partial charge in [-0.2, -0.15) is 0 Å². The minimum Gasteiger partial charge on any atom is -0.378 e. The molecule has 94 valence electrons. The molecule has 1 N–H and O–H groups in total. The average Bonchev–Trinajstić information content (AvgIpc) is 2.96. The van der Waals surface area contributed by atoms with Crippen LogP contribution in [0.4, 0.5) is 5.69 Å². The van der Waals surface area contributed by atoms with E-state index in [9.17, 15) is 0 Å². The van der Waals surface area contributed by atoms with Gasteiger partial charge in [0.2, 0.25) is 0 Å². The predicted octanol–water partition coefficient (Wildman–Crippen LogP) is 5.17. The molecule has 3 heteroatoms. The Morgan fingerprint density at radius 1 is 1.22 bits per heavy atom. The number of thiophene rings is 1. The number of fused-ring (bicyclic) bond motifs is 1. The first-order chi connectivity index (χ1) is 8.74. The van der Waals surface area contributed by atoms with Crippen LogP contribution < -0.4 is 5.32 Å². The van der Waals surface area contributed by atoms with Crippen LogP contribution >= 0.6 is 27.3 Å². The minimum atomic E-state index is 0.346. The zero-order chi connectivity index (χ0) is 12.5. The van der Waals surface area contributed by atoms with E-state index < -0.39 is 0 Å². The van der Waals surface area contributed by atoms with Gasteiger partial charge in [0.15, 0.2) is 0 Å². The van der Waals surface area contributed by atoms with Gasteiger partial charge in [-0.25, -0.2) is 0 Å². The van der Waals surface area contributed by atoms with Crippen LogP contribution in [-0.2, 0) is 12.8 Å². The highest BCUT2D eigenvalue weighted by molar-refractivity contribution is 9.10. The second-order valence-corrected chi connectivity index (χ2v) is 6.64. The molecule has 0 bridgehead atoms. The van der Waals surface area contributed by atoms with E-state index in [1.54, 1.807) is 11.3 Å². The highest BCUT2D eigenvalue weighted by Gasteiger charge is 2.13. The highest BCUT2D eigenvalue weighted by Crippen LogP contribution is 2.32. The fraction of sp³-hybridized carbons (Fsp3) is 0.333. The second kappa shape index (κ2) is 5.06. The molecule has 2 aromatic rings. The summed E-state index contributed by atoms with van der Waals surface area (Å²) in [7, 11) is 0. The van der Waals surface area contributed by atoms with Gasteiger partial charge in [-0.3, -0.25) is 0 Å². The number of rotatable bonds is 3. The molecule has 1 aliphatic rings. The smallest absolute Gasteiger partial charge is 0.0589 e. The van der Waals surface area contributed by atoms with Crippen LogP contribution in [-0.4, -0.2) is 0 Å². The van der Waals surface area contributed by atoms with E-state index in [1.807, 2.05) is 0 Å². The van der Waals surface area contributed by atoms with Gasteiger partial charge >= 0.3 is 0 Å². The van der Waals surface area contributed by atoms with E-state index >= 15 is 0 Å². The molecule has 0 spiro atoms. The van der Waals surface area contributed by atoms with Gasteiger partial charge in [-0.1, -0.05) is 6.07 Å². The fourth-order valence-electron chi connectivity index (χ4n) is 2.59. The number of aryl methyl sites for hydroxylation is 2. The molecule has 1 aromatic heterocycles. The van der Waals surface area contributed by atoms with Gasteiger partial charge in [0.25, 0.3) is 0 Å². The summed E-state index contributed by atoms with van der Waals surface area (Å²) in [5, 5.41) is 5.72. The molecular formula is C15H16BrNS. The molecule has 1 aliphatic carbocycles. The first-order valence-electron chi connectivity index (χ1n) is 6.35. The molecule has 18 heavy (non-hydrogen) atoms. The fourth-order valence-corrected chi connectivity index (χ4v) is 4.32. The molecule has 0 aliphatic heterocycles. The highest BCUT2D eigenvalue weighted by atomic mass is 79.9. The Morgan fingerprint density at radius 2 is 2.06 bits per heavy atom. The number of hydrogen-bond acceptors (Lipinski definition) is 2. The number of halogens is 1. The van der Waals surface area contributed by atoms with Gasteiger partial charge in [0.05, 0.1) is 6.04 Å². The second-order valence-electron chi connectivity index (χ2n) is 4.84. The summed E-state index contributed by atoms with van der Waals surface area (Å²) in [4.78, 5) is 1.36. The number of nitrogens with one attached hydrogen (secondary N) is 1. The molecule has 0 saturated heterocycles. The maximum Gasteiger partial charge on any atom is 0.0589 e. The van der Waals surface area contributed by atoms with Crippen molar-refractivity contribution in [2.24, 2.45) is 0 Å². The lowest BCUT2D eigenvalue weighted by Crippen LogP contribution is -2.05. The topological polar surface area (TPSA) is 12.0 Å². The molecule has 0 saturated carbocycles. The van der Waals surface area contributed by atoms with Crippen molar-refractivity contribution in [2.75, 3.05) is 5.32 Å². The average molecular weight is 322 g/mol. The van der Waals surface area contributed by atoms with Crippen LogP contribution in [0.15, 0.2) is 34.1 Å². The van der Waals surface area contributed by atoms with E-state index in [2.05, 4.69) is 57.8 Å². The largest absolute Gasteiger partial charge is 0.378 e. The molecule has 3 rings (SSSR count). The molecular weight excluding hydrogens is 306 g/mol. The van der Waals surface area contributed by atoms with Gasteiger partial charge in [0.1, 0.15) is 0 Å². The van der Waals surface area contributed by atoms with E-state index in [-0.39, 0.29) is 0 Å². The Hall–Kier alpha value is -0.800. The first-order valence-corrected chi connectivity index (χ1v) is 8.02. The Morgan fingerprint density at radius 3 is 2.83 bits per heavy atom. The van der Waals surface area contributed by atoms with E-state index in [1.165, 1.54) is 45.4 Å². The summed E-state index contributed by atoms with van der Waals surface area (Å²) < 4.78 is 1.20. The maximum absolute atomic E-state index is 3.60. The van der Waals surface area contributed by atoms with Crippen LogP contribution in [0.1, 0.15) is 35.4 Å². The molecule has 1 aromatic carbocycles. The van der Waals surface area contributed by atoms with Crippen molar-refractivity contribution in [3.63, 3.8) is 0 Å². The van der Waals surface area contributed by atoms with Crippen molar-refractivity contribution >= 4 is 33.0 Å². The molecule has 1 heterocycles. The SMILES string of the molecule is CC(Nc1ccc2c(c1)CCC2)c1sccc1Br. The van der Waals surface area contributed by atoms with Crippen molar-refractivity contribution in [1.82, 2.24) is 0 Å². The van der Waals surface area contributed by atoms with E-state index in [0.29, 0.717) is 6.04 Å². The normalized spacial score (nSPS) is 15.4. The van der Waals surface area contributed by atoms with Gasteiger partial charge in [0, 0.05) is 15.0 Å². The van der Waals surface area contributed by atoms with Crippen molar-refractivity contribution in [3.8, 4) is 0 Å². The first kappa shape index (κ1) is 12.2. The molecule has 0 amide bonds. The Balaban J connectivity index is 1.79. The maximum atomic E-state index is 3.60. The molecule has 0 radical (unpaired) electrons. The van der Waals surface area contributed by atoms with Crippen LogP contribution in [0.25, 0.3) is 0 Å². The van der Waals surface area contributed by atoms with Crippen molar-refractivity contribution in [1.29, 1.82) is 0 Å². The summed E-state index contributed by atoms with van der Waals surface area (Å²) >= 11 is 5.39. The summed E-state index contributed by atoms with van der Waals surface area (Å²) in [5.41, 5.74) is 4.30. The molecule has 1 atom stereocenters. The van der Waals surface area contributed by atoms with Gasteiger partial charge < -0.3 is 5.32 Å². The quantitative estimate of drug-likeness (QED) is 0.822. The van der Waals surface area contributed by atoms with Gasteiger partial charge in [-0.05, 0) is 76.8 Å². The van der Waals surface area contributed by atoms with E-state index in [4.69, 9.17) is 0 Å². The molecule has 1 nitrogen and oxygen atoms in total. The van der Waals surface area contributed by atoms with Crippen molar-refractivity contribution in [3.05, 3.63) is 50.1 Å². The minimum absolute atomic E-state index is 0.346. The lowest BCUT2D eigenvalue weighted by molar-refractivity contribution is 0.901. The predicted molar refractivity (Wildman–Crippen MR) is 82.5 cm³/mol. The zero-order valence-electron chi connectivity index (χ0n) is 10.4. The van der Waals surface area contributed by atoms with Gasteiger partial charge in [-0.15, -0.1) is 11.3 Å². The van der Waals surface area contributed by atoms with Crippen LogP contribution in [0.3, 0.4) is 0 Å². The number of benzene rings is 1. The number of anilines is 1. The third-order valence-electron chi connectivity index (χ3n) is 3.52. The summed E-state index contributed by atoms with van der Waals surface area (Å²) in [6.07, 6.45) is 3.80. The zero-order valence-corrected chi connectivity index (χ0v) is 12.8. The Bertz CT molecular complexity index is 561. The van der Waals surface area contributed by atoms with Crippen LogP contribution in [0.2, 0.25) is 0 Å². The van der Waals surface area contributed by atoms with E-state index in [0.717, 1.165) is 0 Å². The monoisotopic (exact) mass is 321 g/mol. The lowest BCUT2D eigenvalue weighted by Gasteiger charge is -2.15. The third kappa shape index (κ3) is 2.34. The summed E-state index contributed by atoms with van der Waals surface area (Å²) in [5.74, 6) is 0. The standard InChI is InChI=1S/C15H16BrNS/c1-10(15-14(16)7-8-18-15)17-13-6-5-11-3-2-4-12(11)9-13/h5-10,17H,2-4H2,1H3. The van der Waals surface area contributed by atoms with Crippen molar-refractivity contribution < 1.29 is 0 Å². The lowest BCUT2D eigenvalue weighted by atomic mass is 10.1.